The lowest BCUT2D eigenvalue weighted by molar-refractivity contribution is -0.137. The highest BCUT2D eigenvalue weighted by Crippen LogP contribution is 2.32. The Morgan fingerprint density at radius 2 is 1.78 bits per heavy atom. The number of rotatable bonds is 8. The van der Waals surface area contributed by atoms with Gasteiger partial charge in [0.15, 0.2) is 11.6 Å². The number of hydrogen-bond donors (Lipinski definition) is 2. The van der Waals surface area contributed by atoms with E-state index in [2.05, 4.69) is 21.2 Å². The summed E-state index contributed by atoms with van der Waals surface area (Å²) in [5, 5.41) is 12.4. The van der Waals surface area contributed by atoms with Gasteiger partial charge in [-0.05, 0) is 48.7 Å². The molecule has 0 aliphatic heterocycles. The molecule has 0 fully saturated rings. The molecular formula is C28H22BrF3N2O3. The van der Waals surface area contributed by atoms with Crippen LogP contribution in [-0.4, -0.2) is 28.5 Å². The van der Waals surface area contributed by atoms with Crippen LogP contribution in [0.25, 0.3) is 22.2 Å². The average Bonchev–Trinajstić information content (AvgIpc) is 2.86. The van der Waals surface area contributed by atoms with Crippen molar-refractivity contribution in [1.82, 2.24) is 10.3 Å². The molecule has 4 rings (SSSR count). The number of nitrogens with one attached hydrogen (secondary N) is 1. The molecule has 0 radical (unpaired) electrons. The molecule has 0 aliphatic carbocycles. The summed E-state index contributed by atoms with van der Waals surface area (Å²) >= 11 is 3.42. The van der Waals surface area contributed by atoms with Crippen LogP contribution in [0.15, 0.2) is 65.1 Å². The first-order valence-corrected chi connectivity index (χ1v) is 12.2. The molecule has 5 nitrogen and oxygen atoms in total. The zero-order chi connectivity index (χ0) is 26.7. The SMILES string of the molecule is Cc1c(-c2ccccc2)nc2ccc(Br)cc2c1C(=O)NC[C@@H](CCC(=O)O)c1cc(F)cc(F)c1F. The molecule has 1 amide bonds. The molecule has 1 atom stereocenters. The van der Waals surface area contributed by atoms with E-state index in [1.54, 1.807) is 19.1 Å². The van der Waals surface area contributed by atoms with Gasteiger partial charge in [0.25, 0.3) is 5.91 Å². The number of carbonyl (C=O) groups excluding carboxylic acids is 1. The van der Waals surface area contributed by atoms with E-state index in [9.17, 15) is 22.8 Å². The highest BCUT2D eigenvalue weighted by atomic mass is 79.9. The van der Waals surface area contributed by atoms with Gasteiger partial charge in [-0.15, -0.1) is 0 Å². The Morgan fingerprint density at radius 3 is 2.49 bits per heavy atom. The molecular weight excluding hydrogens is 549 g/mol. The van der Waals surface area contributed by atoms with Crippen molar-refractivity contribution in [3.63, 3.8) is 0 Å². The Morgan fingerprint density at radius 1 is 1.05 bits per heavy atom. The minimum atomic E-state index is -1.38. The first kappa shape index (κ1) is 26.3. The van der Waals surface area contributed by atoms with Crippen molar-refractivity contribution in [3.05, 3.63) is 99.3 Å². The number of halogens is 4. The predicted octanol–water partition coefficient (Wildman–Crippen LogP) is 6.77. The third-order valence-corrected chi connectivity index (χ3v) is 6.63. The number of pyridine rings is 1. The summed E-state index contributed by atoms with van der Waals surface area (Å²) in [5.41, 5.74) is 2.63. The van der Waals surface area contributed by atoms with Gasteiger partial charge in [-0.25, -0.2) is 18.2 Å². The zero-order valence-electron chi connectivity index (χ0n) is 19.7. The van der Waals surface area contributed by atoms with E-state index >= 15 is 0 Å². The standard InChI is InChI=1S/C28H22BrF3N2O3/c1-15-25(21-11-18(29)8-9-23(21)34-27(15)16-5-3-2-4-6-16)28(37)33-14-17(7-10-24(35)36)20-12-19(30)13-22(31)26(20)32/h2-6,8-9,11-13,17H,7,10,14H2,1H3,(H,33,37)(H,35,36)/t17-/m1/s1. The van der Waals surface area contributed by atoms with Crippen LogP contribution in [0.1, 0.15) is 40.2 Å². The second-order valence-electron chi connectivity index (χ2n) is 8.62. The maximum Gasteiger partial charge on any atom is 0.303 e. The summed E-state index contributed by atoms with van der Waals surface area (Å²) in [6.07, 6.45) is -0.507. The predicted molar refractivity (Wildman–Crippen MR) is 138 cm³/mol. The van der Waals surface area contributed by atoms with Crippen LogP contribution in [0.3, 0.4) is 0 Å². The van der Waals surface area contributed by atoms with E-state index in [4.69, 9.17) is 10.1 Å². The van der Waals surface area contributed by atoms with Gasteiger partial charge in [-0.1, -0.05) is 46.3 Å². The number of carboxylic acids is 1. The summed E-state index contributed by atoms with van der Waals surface area (Å²) in [7, 11) is 0. The van der Waals surface area contributed by atoms with Crippen LogP contribution in [0.5, 0.6) is 0 Å². The van der Waals surface area contributed by atoms with Crippen molar-refractivity contribution in [2.75, 3.05) is 6.54 Å². The molecule has 0 saturated heterocycles. The van der Waals surface area contributed by atoms with Crippen molar-refractivity contribution in [3.8, 4) is 11.3 Å². The van der Waals surface area contributed by atoms with Gasteiger partial charge in [-0.3, -0.25) is 9.59 Å². The number of amides is 1. The van der Waals surface area contributed by atoms with Crippen LogP contribution >= 0.6 is 15.9 Å². The lowest BCUT2D eigenvalue weighted by atomic mass is 9.92. The van der Waals surface area contributed by atoms with Crippen molar-refractivity contribution >= 4 is 38.7 Å². The number of aromatic nitrogens is 1. The molecule has 4 aromatic rings. The Bertz CT molecular complexity index is 1500. The first-order valence-electron chi connectivity index (χ1n) is 11.5. The molecule has 9 heteroatoms. The summed E-state index contributed by atoms with van der Waals surface area (Å²) < 4.78 is 43.1. The number of nitrogens with zero attached hydrogens (tertiary/aromatic N) is 1. The van der Waals surface area contributed by atoms with Gasteiger partial charge in [0.05, 0.1) is 16.8 Å². The molecule has 1 aromatic heterocycles. The van der Waals surface area contributed by atoms with Gasteiger partial charge in [0.1, 0.15) is 5.82 Å². The third kappa shape index (κ3) is 5.83. The average molecular weight is 571 g/mol. The van der Waals surface area contributed by atoms with Crippen molar-refractivity contribution in [2.45, 2.75) is 25.7 Å². The number of hydrogen-bond acceptors (Lipinski definition) is 3. The summed E-state index contributed by atoms with van der Waals surface area (Å²) in [6, 6.07) is 16.0. The minimum absolute atomic E-state index is 0.133. The monoisotopic (exact) mass is 570 g/mol. The van der Waals surface area contributed by atoms with E-state index in [1.165, 1.54) is 0 Å². The van der Waals surface area contributed by atoms with Gasteiger partial charge in [0.2, 0.25) is 0 Å². The zero-order valence-corrected chi connectivity index (χ0v) is 21.3. The van der Waals surface area contributed by atoms with Crippen LogP contribution < -0.4 is 5.32 Å². The van der Waals surface area contributed by atoms with Crippen LogP contribution in [0, 0.1) is 24.4 Å². The number of carbonyl (C=O) groups is 2. The number of fused-ring (bicyclic) bond motifs is 1. The van der Waals surface area contributed by atoms with Gasteiger partial charge >= 0.3 is 5.97 Å². The summed E-state index contributed by atoms with van der Waals surface area (Å²) in [6.45, 7) is 1.54. The van der Waals surface area contributed by atoms with E-state index in [0.29, 0.717) is 33.8 Å². The van der Waals surface area contributed by atoms with Crippen molar-refractivity contribution in [1.29, 1.82) is 0 Å². The molecule has 0 spiro atoms. The van der Waals surface area contributed by atoms with Crippen LogP contribution in [0.2, 0.25) is 0 Å². The molecule has 2 N–H and O–H groups in total. The van der Waals surface area contributed by atoms with E-state index in [1.807, 2.05) is 36.4 Å². The normalized spacial score (nSPS) is 11.9. The maximum atomic E-state index is 14.5. The number of benzene rings is 3. The van der Waals surface area contributed by atoms with Crippen molar-refractivity contribution in [2.24, 2.45) is 0 Å². The number of carboxylic acid groups (broad SMARTS) is 1. The summed E-state index contributed by atoms with van der Waals surface area (Å²) in [5.74, 6) is -6.27. The van der Waals surface area contributed by atoms with Gasteiger partial charge < -0.3 is 10.4 Å². The van der Waals surface area contributed by atoms with Gasteiger partial charge in [0, 0.05) is 40.4 Å². The smallest absolute Gasteiger partial charge is 0.303 e. The molecule has 0 saturated carbocycles. The lowest BCUT2D eigenvalue weighted by Gasteiger charge is -2.20. The summed E-state index contributed by atoms with van der Waals surface area (Å²) in [4.78, 5) is 29.5. The molecule has 3 aromatic carbocycles. The Labute approximate surface area is 219 Å². The molecule has 1 heterocycles. The van der Waals surface area contributed by atoms with E-state index in [-0.39, 0.29) is 24.9 Å². The molecule has 0 unspecified atom stereocenters. The molecule has 190 valence electrons. The van der Waals surface area contributed by atoms with Crippen molar-refractivity contribution < 1.29 is 27.9 Å². The Hall–Kier alpha value is -3.72. The quantitative estimate of drug-likeness (QED) is 0.229. The fraction of sp³-hybridized carbons (Fsp3) is 0.179. The minimum Gasteiger partial charge on any atom is -0.481 e. The van der Waals surface area contributed by atoms with E-state index < -0.39 is 35.2 Å². The van der Waals surface area contributed by atoms with Crippen LogP contribution in [-0.2, 0) is 4.79 Å². The Kier molecular flexibility index (Phi) is 7.92. The highest BCUT2D eigenvalue weighted by molar-refractivity contribution is 9.10. The molecule has 37 heavy (non-hydrogen) atoms. The van der Waals surface area contributed by atoms with Crippen LogP contribution in [0.4, 0.5) is 13.2 Å². The molecule has 0 bridgehead atoms. The second kappa shape index (κ2) is 11.1. The largest absolute Gasteiger partial charge is 0.481 e. The first-order chi connectivity index (χ1) is 17.7. The van der Waals surface area contributed by atoms with Gasteiger partial charge in [-0.2, -0.15) is 0 Å². The molecule has 0 aliphatic rings. The highest BCUT2D eigenvalue weighted by Gasteiger charge is 2.24. The van der Waals surface area contributed by atoms with E-state index in [0.717, 1.165) is 16.1 Å². The Balaban J connectivity index is 1.73. The lowest BCUT2D eigenvalue weighted by Crippen LogP contribution is -2.30. The fourth-order valence-electron chi connectivity index (χ4n) is 4.34. The number of aliphatic carboxylic acids is 1. The second-order valence-corrected chi connectivity index (χ2v) is 9.53. The topological polar surface area (TPSA) is 79.3 Å². The maximum absolute atomic E-state index is 14.5. The third-order valence-electron chi connectivity index (χ3n) is 6.14. The fourth-order valence-corrected chi connectivity index (χ4v) is 4.70.